The van der Waals surface area contributed by atoms with Gasteiger partial charge in [0.2, 0.25) is 0 Å². The molecule has 29 heavy (non-hydrogen) atoms. The zero-order valence-corrected chi connectivity index (χ0v) is 15.7. The summed E-state index contributed by atoms with van der Waals surface area (Å²) in [6.07, 6.45) is 0. The maximum atomic E-state index is 13.7. The van der Waals surface area contributed by atoms with E-state index in [0.717, 1.165) is 6.07 Å². The maximum absolute atomic E-state index is 13.7. The second-order valence-electron chi connectivity index (χ2n) is 5.78. The molecule has 1 unspecified atom stereocenters. The van der Waals surface area contributed by atoms with E-state index in [1.165, 1.54) is 18.2 Å². The normalized spacial score (nSPS) is 16.0. The molecule has 0 amide bonds. The first kappa shape index (κ1) is 21.6. The lowest BCUT2D eigenvalue weighted by Gasteiger charge is -2.29. The van der Waals surface area contributed by atoms with E-state index in [0.29, 0.717) is 0 Å². The molecule has 0 radical (unpaired) electrons. The number of alkyl halides is 1. The summed E-state index contributed by atoms with van der Waals surface area (Å²) < 4.78 is 23.7. The van der Waals surface area contributed by atoms with Crippen LogP contribution in [-0.2, 0) is 19.1 Å². The zero-order chi connectivity index (χ0) is 21.6. The smallest absolute Gasteiger partial charge is 0.337 e. The van der Waals surface area contributed by atoms with Crippen molar-refractivity contribution in [3.8, 4) is 6.07 Å². The Labute approximate surface area is 165 Å². The van der Waals surface area contributed by atoms with Gasteiger partial charge in [0.1, 0.15) is 18.4 Å². The van der Waals surface area contributed by atoms with Crippen LogP contribution >= 0.6 is 0 Å². The number of allylic oxidation sites excluding steroid dienone is 2. The Balaban J connectivity index is 2.80. The number of hydrogen-bond acceptors (Lipinski definition) is 8. The lowest BCUT2D eigenvalue weighted by Crippen LogP contribution is -2.34. The largest absolute Gasteiger partial charge is 0.463 e. The molecule has 0 saturated carbocycles. The van der Waals surface area contributed by atoms with Crippen molar-refractivity contribution >= 4 is 17.6 Å². The van der Waals surface area contributed by atoms with Gasteiger partial charge in [0.15, 0.2) is 0 Å². The molecule has 0 aliphatic carbocycles. The van der Waals surface area contributed by atoms with E-state index < -0.39 is 29.5 Å². The summed E-state index contributed by atoms with van der Waals surface area (Å²) in [6, 6.07) is 6.95. The van der Waals surface area contributed by atoms with Crippen LogP contribution in [0.15, 0.2) is 46.8 Å². The summed E-state index contributed by atoms with van der Waals surface area (Å²) in [5.74, 6) is -3.11. The topological polar surface area (TPSA) is 132 Å². The molecule has 10 heteroatoms. The van der Waals surface area contributed by atoms with Crippen LogP contribution in [0.3, 0.4) is 0 Å². The second-order valence-corrected chi connectivity index (χ2v) is 5.78. The highest BCUT2D eigenvalue weighted by Gasteiger charge is 2.40. The second kappa shape index (κ2) is 9.45. The number of benzene rings is 1. The number of nitrogens with one attached hydrogen (secondary N) is 1. The number of dihydropyridines is 1. The summed E-state index contributed by atoms with van der Waals surface area (Å²) >= 11 is 0. The fraction of sp³-hybridized carbons (Fsp3) is 0.316. The molecule has 152 valence electrons. The number of non-ortho nitro benzene ring substituents is 1. The van der Waals surface area contributed by atoms with Crippen molar-refractivity contribution in [2.45, 2.75) is 19.8 Å². The van der Waals surface area contributed by atoms with Gasteiger partial charge < -0.3 is 14.8 Å². The quantitative estimate of drug-likeness (QED) is 0.417. The predicted octanol–water partition coefficient (Wildman–Crippen LogP) is 2.41. The number of esters is 2. The first-order valence-electron chi connectivity index (χ1n) is 8.68. The highest BCUT2D eigenvalue weighted by molar-refractivity contribution is 6.00. The lowest BCUT2D eigenvalue weighted by molar-refractivity contribution is -0.384. The summed E-state index contributed by atoms with van der Waals surface area (Å²) in [4.78, 5) is 35.8. The molecular formula is C19H18FN3O6. The number of carbonyl (C=O) groups is 2. The Hall–Kier alpha value is -3.74. The fourth-order valence-electron chi connectivity index (χ4n) is 2.97. The van der Waals surface area contributed by atoms with Gasteiger partial charge in [0, 0.05) is 12.1 Å². The Morgan fingerprint density at radius 2 is 1.86 bits per heavy atom. The van der Waals surface area contributed by atoms with Crippen molar-refractivity contribution in [1.29, 1.82) is 5.26 Å². The SMILES string of the molecule is CCOC(=O)C1=C(C#N)NC(CF)=C(C(=O)OCC)C1c1cccc([N+](=O)[O-])c1. The molecule has 1 atom stereocenters. The van der Waals surface area contributed by atoms with E-state index in [-0.39, 0.29) is 47.0 Å². The molecule has 2 rings (SSSR count). The van der Waals surface area contributed by atoms with E-state index in [1.54, 1.807) is 19.9 Å². The molecule has 1 aliphatic heterocycles. The van der Waals surface area contributed by atoms with E-state index in [1.807, 2.05) is 0 Å². The Morgan fingerprint density at radius 1 is 1.24 bits per heavy atom. The van der Waals surface area contributed by atoms with E-state index in [4.69, 9.17) is 9.47 Å². The highest BCUT2D eigenvalue weighted by atomic mass is 19.1. The standard InChI is InChI=1S/C19H18FN3O6/c1-3-28-18(24)16-13(9-20)22-14(10-21)17(19(25)29-4-2)15(16)11-6-5-7-12(8-11)23(26)27/h5-8,15,22H,3-4,9H2,1-2H3. The van der Waals surface area contributed by atoms with E-state index >= 15 is 0 Å². The molecule has 0 saturated heterocycles. The average Bonchev–Trinajstić information content (AvgIpc) is 2.72. The molecule has 1 aromatic rings. The number of nitriles is 1. The number of nitro benzene ring substituents is 1. The van der Waals surface area contributed by atoms with Gasteiger partial charge in [0.25, 0.3) is 5.69 Å². The number of nitro groups is 1. The third-order valence-corrected chi connectivity index (χ3v) is 4.10. The molecule has 0 fully saturated rings. The Kier molecular flexibility index (Phi) is 7.03. The van der Waals surface area contributed by atoms with E-state index in [2.05, 4.69) is 5.32 Å². The molecule has 1 heterocycles. The van der Waals surface area contributed by atoms with Crippen LogP contribution in [0.2, 0.25) is 0 Å². The van der Waals surface area contributed by atoms with Crippen molar-refractivity contribution in [2.24, 2.45) is 0 Å². The van der Waals surface area contributed by atoms with Crippen LogP contribution in [0.1, 0.15) is 25.3 Å². The number of carbonyl (C=O) groups excluding carboxylic acids is 2. The van der Waals surface area contributed by atoms with Crippen molar-refractivity contribution in [3.05, 3.63) is 62.5 Å². The molecule has 1 aliphatic rings. The molecule has 1 N–H and O–H groups in total. The maximum Gasteiger partial charge on any atom is 0.337 e. The first-order valence-corrected chi connectivity index (χ1v) is 8.68. The minimum absolute atomic E-state index is 0.0167. The van der Waals surface area contributed by atoms with Gasteiger partial charge in [-0.25, -0.2) is 14.0 Å². The average molecular weight is 403 g/mol. The van der Waals surface area contributed by atoms with Gasteiger partial charge in [-0.05, 0) is 19.4 Å². The van der Waals surface area contributed by atoms with Crippen LogP contribution in [-0.4, -0.2) is 36.8 Å². The van der Waals surface area contributed by atoms with E-state index in [9.17, 15) is 29.4 Å². The van der Waals surface area contributed by atoms with Crippen molar-refractivity contribution < 1.29 is 28.4 Å². The van der Waals surface area contributed by atoms with Gasteiger partial charge in [-0.2, -0.15) is 5.26 Å². The molecule has 9 nitrogen and oxygen atoms in total. The summed E-state index contributed by atoms with van der Waals surface area (Å²) in [5, 5.41) is 23.1. The summed E-state index contributed by atoms with van der Waals surface area (Å²) in [7, 11) is 0. The highest BCUT2D eigenvalue weighted by Crippen LogP contribution is 2.40. The molecule has 0 bridgehead atoms. The van der Waals surface area contributed by atoms with Gasteiger partial charge in [-0.3, -0.25) is 10.1 Å². The first-order chi connectivity index (χ1) is 13.9. The fourth-order valence-corrected chi connectivity index (χ4v) is 2.97. The third-order valence-electron chi connectivity index (χ3n) is 4.10. The molecule has 1 aromatic carbocycles. The van der Waals surface area contributed by atoms with Gasteiger partial charge in [-0.1, -0.05) is 12.1 Å². The van der Waals surface area contributed by atoms with Crippen LogP contribution in [0.25, 0.3) is 0 Å². The van der Waals surface area contributed by atoms with Gasteiger partial charge >= 0.3 is 11.9 Å². The monoisotopic (exact) mass is 403 g/mol. The van der Waals surface area contributed by atoms with Crippen LogP contribution in [0, 0.1) is 21.4 Å². The summed E-state index contributed by atoms with van der Waals surface area (Å²) in [6.45, 7) is 1.92. The number of ether oxygens (including phenoxy) is 2. The predicted molar refractivity (Wildman–Crippen MR) is 97.9 cm³/mol. The Bertz CT molecular complexity index is 948. The third kappa shape index (κ3) is 4.40. The summed E-state index contributed by atoms with van der Waals surface area (Å²) in [5.41, 5.74) is -1.23. The zero-order valence-electron chi connectivity index (χ0n) is 15.7. The lowest BCUT2D eigenvalue weighted by atomic mass is 9.80. The van der Waals surface area contributed by atoms with Crippen LogP contribution in [0.4, 0.5) is 10.1 Å². The van der Waals surface area contributed by atoms with Crippen LogP contribution in [0.5, 0.6) is 0 Å². The molecule has 0 spiro atoms. The number of hydrogen-bond donors (Lipinski definition) is 1. The van der Waals surface area contributed by atoms with Crippen molar-refractivity contribution in [3.63, 3.8) is 0 Å². The van der Waals surface area contributed by atoms with Gasteiger partial charge in [-0.15, -0.1) is 0 Å². The molecule has 0 aromatic heterocycles. The van der Waals surface area contributed by atoms with Crippen LogP contribution < -0.4 is 5.32 Å². The van der Waals surface area contributed by atoms with Crippen molar-refractivity contribution in [1.82, 2.24) is 5.32 Å². The number of nitrogens with zero attached hydrogens (tertiary/aromatic N) is 2. The Morgan fingerprint density at radius 3 is 2.38 bits per heavy atom. The number of halogens is 1. The van der Waals surface area contributed by atoms with Crippen molar-refractivity contribution in [2.75, 3.05) is 19.9 Å². The molecular weight excluding hydrogens is 385 g/mol. The van der Waals surface area contributed by atoms with Gasteiger partial charge in [0.05, 0.1) is 40.9 Å². The minimum atomic E-state index is -1.28. The number of rotatable bonds is 7. The minimum Gasteiger partial charge on any atom is -0.463 e.